The molecule has 3 aromatic heterocycles. The van der Waals surface area contributed by atoms with Crippen molar-refractivity contribution in [2.75, 3.05) is 5.32 Å². The highest BCUT2D eigenvalue weighted by Crippen LogP contribution is 2.46. The molecule has 2 aliphatic rings. The molecule has 0 bridgehead atoms. The van der Waals surface area contributed by atoms with Crippen LogP contribution >= 0.6 is 0 Å². The van der Waals surface area contributed by atoms with Crippen LogP contribution < -0.4 is 10.6 Å². The van der Waals surface area contributed by atoms with Crippen LogP contribution in [-0.4, -0.2) is 31.2 Å². The number of carbonyl (C=O) groups is 1. The first-order chi connectivity index (χ1) is 22.3. The maximum Gasteiger partial charge on any atom is 0.408 e. The first-order valence-corrected chi connectivity index (χ1v) is 15.7. The SMILES string of the molecule is CC(C)(C)OC(=O)NC1(c2ccc(-c3c(-c4ccc5cnccc5c4)nc4n3-c3cccnc3Nc3ccccc3-4)cc2)CCC1. The zero-order valence-corrected chi connectivity index (χ0v) is 26.0. The molecule has 8 nitrogen and oxygen atoms in total. The van der Waals surface area contributed by atoms with Crippen LogP contribution in [0.25, 0.3) is 50.4 Å². The van der Waals surface area contributed by atoms with Gasteiger partial charge in [0.1, 0.15) is 11.4 Å². The fourth-order valence-electron chi connectivity index (χ4n) is 6.58. The van der Waals surface area contributed by atoms with Crippen LogP contribution in [0.4, 0.5) is 16.3 Å². The number of aromatic nitrogens is 4. The molecule has 0 spiro atoms. The normalized spacial score (nSPS) is 14.6. The molecule has 0 unspecified atom stereocenters. The third-order valence-corrected chi connectivity index (χ3v) is 8.90. The quantitative estimate of drug-likeness (QED) is 0.208. The number of hydrogen-bond acceptors (Lipinski definition) is 6. The topological polar surface area (TPSA) is 94.0 Å². The molecule has 8 heteroatoms. The Kier molecular flexibility index (Phi) is 6.42. The second-order valence-corrected chi connectivity index (χ2v) is 13.1. The van der Waals surface area contributed by atoms with E-state index in [0.717, 1.165) is 86.7 Å². The minimum absolute atomic E-state index is 0.388. The van der Waals surface area contributed by atoms with Gasteiger partial charge in [0.05, 0.1) is 28.3 Å². The molecule has 1 fully saturated rings. The van der Waals surface area contributed by atoms with Crippen molar-refractivity contribution in [1.82, 2.24) is 24.8 Å². The predicted molar refractivity (Wildman–Crippen MR) is 181 cm³/mol. The summed E-state index contributed by atoms with van der Waals surface area (Å²) in [6, 6.07) is 29.2. The van der Waals surface area contributed by atoms with Gasteiger partial charge >= 0.3 is 6.09 Å². The number of hydrogen-bond donors (Lipinski definition) is 2. The fourth-order valence-corrected chi connectivity index (χ4v) is 6.58. The Bertz CT molecular complexity index is 2120. The lowest BCUT2D eigenvalue weighted by molar-refractivity contribution is 0.0377. The van der Waals surface area contributed by atoms with E-state index in [0.29, 0.717) is 0 Å². The first kappa shape index (κ1) is 28.0. The minimum Gasteiger partial charge on any atom is -0.444 e. The minimum atomic E-state index is -0.563. The van der Waals surface area contributed by atoms with Gasteiger partial charge in [-0.1, -0.05) is 48.5 Å². The lowest BCUT2D eigenvalue weighted by Crippen LogP contribution is -2.52. The number of pyridine rings is 2. The van der Waals surface area contributed by atoms with E-state index in [1.807, 2.05) is 57.4 Å². The molecule has 2 N–H and O–H groups in total. The van der Waals surface area contributed by atoms with E-state index in [4.69, 9.17) is 14.7 Å². The van der Waals surface area contributed by atoms with E-state index in [2.05, 4.69) is 80.8 Å². The molecule has 0 atom stereocenters. The Hall–Kier alpha value is -5.50. The number of anilines is 2. The summed E-state index contributed by atoms with van der Waals surface area (Å²) in [4.78, 5) is 27.3. The Morgan fingerprint density at radius 1 is 0.913 bits per heavy atom. The molecule has 4 heterocycles. The number of nitrogens with one attached hydrogen (secondary N) is 2. The number of carbonyl (C=O) groups excluding carboxylic acids is 1. The van der Waals surface area contributed by atoms with Crippen molar-refractivity contribution >= 4 is 28.4 Å². The van der Waals surface area contributed by atoms with E-state index >= 15 is 0 Å². The van der Waals surface area contributed by atoms with Crippen LogP contribution in [-0.2, 0) is 10.3 Å². The number of imidazole rings is 1. The van der Waals surface area contributed by atoms with Crippen LogP contribution in [0.15, 0.2) is 104 Å². The number of rotatable bonds is 4. The number of amides is 1. The molecule has 1 amide bonds. The number of nitrogens with zero attached hydrogens (tertiary/aromatic N) is 4. The summed E-state index contributed by atoms with van der Waals surface area (Å²) in [7, 11) is 0. The highest BCUT2D eigenvalue weighted by Gasteiger charge is 2.41. The average molecular weight is 607 g/mol. The maximum absolute atomic E-state index is 12.8. The predicted octanol–water partition coefficient (Wildman–Crippen LogP) is 8.78. The third kappa shape index (κ3) is 4.77. The molecule has 46 heavy (non-hydrogen) atoms. The summed E-state index contributed by atoms with van der Waals surface area (Å²) in [5, 5.41) is 8.91. The van der Waals surface area contributed by atoms with Crippen LogP contribution in [0, 0.1) is 0 Å². The Morgan fingerprint density at radius 2 is 1.72 bits per heavy atom. The molecule has 0 radical (unpaired) electrons. The van der Waals surface area contributed by atoms with E-state index in [1.165, 1.54) is 0 Å². The standard InChI is InChI=1S/C38H34N6O2/c1-37(2,3)46-36(45)43-38(18-7-19-38)28-15-13-24(14-16-28)33-32(26-11-12-27-23-39-21-17-25(27)22-26)42-35-29-8-4-5-9-30(29)41-34-31(44(33)35)10-6-20-40-34/h4-6,8-17,20-23H,7,18-19H2,1-3H3,(H,40,41)(H,43,45). The Labute approximate surface area is 267 Å². The second-order valence-electron chi connectivity index (χ2n) is 13.1. The van der Waals surface area contributed by atoms with Gasteiger partial charge < -0.3 is 15.4 Å². The molecular weight excluding hydrogens is 572 g/mol. The number of benzene rings is 3. The van der Waals surface area contributed by atoms with Gasteiger partial charge in [-0.2, -0.15) is 0 Å². The Morgan fingerprint density at radius 3 is 2.50 bits per heavy atom. The largest absolute Gasteiger partial charge is 0.444 e. The van der Waals surface area contributed by atoms with Crippen molar-refractivity contribution in [1.29, 1.82) is 0 Å². The molecule has 1 saturated carbocycles. The van der Waals surface area contributed by atoms with Gasteiger partial charge in [0.25, 0.3) is 0 Å². The zero-order valence-electron chi connectivity index (χ0n) is 26.0. The fraction of sp³-hybridized carbons (Fsp3) is 0.211. The van der Waals surface area contributed by atoms with Crippen molar-refractivity contribution in [3.63, 3.8) is 0 Å². The summed E-state index contributed by atoms with van der Waals surface area (Å²) in [6.45, 7) is 5.65. The third-order valence-electron chi connectivity index (χ3n) is 8.90. The van der Waals surface area contributed by atoms with Crippen LogP contribution in [0.3, 0.4) is 0 Å². The summed E-state index contributed by atoms with van der Waals surface area (Å²) in [6.07, 6.45) is 7.90. The van der Waals surface area contributed by atoms with Crippen LogP contribution in [0.5, 0.6) is 0 Å². The molecule has 3 aromatic carbocycles. The molecule has 6 aromatic rings. The summed E-state index contributed by atoms with van der Waals surface area (Å²) in [5.74, 6) is 1.59. The van der Waals surface area contributed by atoms with Crippen molar-refractivity contribution in [2.45, 2.75) is 51.2 Å². The number of fused-ring (bicyclic) bond motifs is 6. The highest BCUT2D eigenvalue weighted by molar-refractivity contribution is 5.93. The van der Waals surface area contributed by atoms with Gasteiger partial charge in [0.2, 0.25) is 0 Å². The molecule has 1 aliphatic heterocycles. The summed E-state index contributed by atoms with van der Waals surface area (Å²) >= 11 is 0. The van der Waals surface area contributed by atoms with Gasteiger partial charge in [-0.25, -0.2) is 14.8 Å². The van der Waals surface area contributed by atoms with Crippen molar-refractivity contribution < 1.29 is 9.53 Å². The first-order valence-electron chi connectivity index (χ1n) is 15.7. The Balaban J connectivity index is 1.31. The monoisotopic (exact) mass is 606 g/mol. The zero-order chi connectivity index (χ0) is 31.5. The summed E-state index contributed by atoms with van der Waals surface area (Å²) in [5.41, 5.74) is 6.77. The van der Waals surface area contributed by atoms with E-state index in [-0.39, 0.29) is 6.09 Å². The highest BCUT2D eigenvalue weighted by atomic mass is 16.6. The summed E-state index contributed by atoms with van der Waals surface area (Å²) < 4.78 is 7.85. The van der Waals surface area contributed by atoms with Gasteiger partial charge in [0, 0.05) is 40.7 Å². The van der Waals surface area contributed by atoms with Gasteiger partial charge in [0.15, 0.2) is 5.82 Å². The van der Waals surface area contributed by atoms with Crippen LogP contribution in [0.2, 0.25) is 0 Å². The van der Waals surface area contributed by atoms with E-state index in [1.54, 1.807) is 6.20 Å². The van der Waals surface area contributed by atoms with E-state index in [9.17, 15) is 4.79 Å². The molecule has 8 rings (SSSR count). The molecule has 1 aliphatic carbocycles. The van der Waals surface area contributed by atoms with Crippen molar-refractivity contribution in [2.24, 2.45) is 0 Å². The number of ether oxygens (including phenoxy) is 1. The lowest BCUT2D eigenvalue weighted by Gasteiger charge is -2.43. The molecule has 0 saturated heterocycles. The number of para-hydroxylation sites is 1. The average Bonchev–Trinajstić information content (AvgIpc) is 3.36. The molecular formula is C38H34N6O2. The second kappa shape index (κ2) is 10.5. The van der Waals surface area contributed by atoms with Crippen LogP contribution in [0.1, 0.15) is 45.6 Å². The van der Waals surface area contributed by atoms with Gasteiger partial charge in [-0.05, 0) is 87.4 Å². The lowest BCUT2D eigenvalue weighted by atomic mass is 9.71. The van der Waals surface area contributed by atoms with E-state index < -0.39 is 11.1 Å². The van der Waals surface area contributed by atoms with Crippen molar-refractivity contribution in [3.8, 4) is 39.6 Å². The smallest absolute Gasteiger partial charge is 0.408 e. The maximum atomic E-state index is 12.8. The molecule has 228 valence electrons. The van der Waals surface area contributed by atoms with Gasteiger partial charge in [-0.3, -0.25) is 9.55 Å². The van der Waals surface area contributed by atoms with Gasteiger partial charge in [-0.15, -0.1) is 0 Å². The van der Waals surface area contributed by atoms with Crippen molar-refractivity contribution in [3.05, 3.63) is 109 Å². The number of alkyl carbamates (subject to hydrolysis) is 1.